The van der Waals surface area contributed by atoms with Gasteiger partial charge in [0.15, 0.2) is 0 Å². The Balaban J connectivity index is 2.19. The number of rotatable bonds is 4. The molecule has 0 aliphatic heterocycles. The number of hydrogen-bond acceptors (Lipinski definition) is 2. The van der Waals surface area contributed by atoms with Crippen LogP contribution in [-0.4, -0.2) is 38.9 Å². The molecule has 0 bridgehead atoms. The van der Waals surface area contributed by atoms with Crippen molar-refractivity contribution in [3.8, 4) is 0 Å². The normalized spacial score (nSPS) is 39.8. The highest BCUT2D eigenvalue weighted by Gasteiger charge is 2.54. The van der Waals surface area contributed by atoms with Crippen molar-refractivity contribution in [3.05, 3.63) is 0 Å². The number of halogens is 3. The summed E-state index contributed by atoms with van der Waals surface area (Å²) >= 11 is 19.2. The molecule has 6 heteroatoms. The average molecular weight is 360 g/mol. The third-order valence-electron chi connectivity index (χ3n) is 4.98. The van der Waals surface area contributed by atoms with Gasteiger partial charge in [-0.3, -0.25) is 0 Å². The average Bonchev–Trinajstić information content (AvgIpc) is 2.40. The van der Waals surface area contributed by atoms with Gasteiger partial charge in [0, 0.05) is 41.4 Å². The first kappa shape index (κ1) is 17.4. The van der Waals surface area contributed by atoms with Crippen LogP contribution in [0.15, 0.2) is 0 Å². The Morgan fingerprint density at radius 2 is 1.30 bits per heavy atom. The molecule has 0 aromatic heterocycles. The largest absolute Gasteiger partial charge is 0.397 e. The standard InChI is InChI=1S/C14H25Cl3O2Si/c1-18-20(19-2,13-5-3-4-10(15)7-13)14-8-11(16)6-12(17)9-14/h10-14H,3-9H2,1-2H3. The lowest BCUT2D eigenvalue weighted by Crippen LogP contribution is -2.53. The van der Waals surface area contributed by atoms with E-state index in [4.69, 9.17) is 43.7 Å². The van der Waals surface area contributed by atoms with Gasteiger partial charge >= 0.3 is 8.56 Å². The minimum absolute atomic E-state index is 0.142. The summed E-state index contributed by atoms with van der Waals surface area (Å²) in [6.45, 7) is 0. The Hall–Kier alpha value is 1.01. The van der Waals surface area contributed by atoms with Crippen LogP contribution in [0.1, 0.15) is 44.9 Å². The molecule has 0 aromatic rings. The predicted molar refractivity (Wildman–Crippen MR) is 88.5 cm³/mol. The summed E-state index contributed by atoms with van der Waals surface area (Å²) in [5.41, 5.74) is 0.841. The Bertz CT molecular complexity index is 305. The molecular weight excluding hydrogens is 335 g/mol. The van der Waals surface area contributed by atoms with Gasteiger partial charge in [0.25, 0.3) is 0 Å². The molecule has 0 radical (unpaired) electrons. The molecule has 0 saturated heterocycles. The lowest BCUT2D eigenvalue weighted by Gasteiger charge is -2.46. The first-order valence-corrected chi connectivity index (χ1v) is 10.8. The van der Waals surface area contributed by atoms with Crippen molar-refractivity contribution in [1.82, 2.24) is 0 Å². The molecule has 20 heavy (non-hydrogen) atoms. The van der Waals surface area contributed by atoms with Crippen molar-refractivity contribution in [2.24, 2.45) is 0 Å². The van der Waals surface area contributed by atoms with Gasteiger partial charge in [0.05, 0.1) is 0 Å². The monoisotopic (exact) mass is 358 g/mol. The quantitative estimate of drug-likeness (QED) is 0.517. The molecule has 2 fully saturated rings. The Morgan fingerprint density at radius 3 is 1.80 bits per heavy atom. The minimum Gasteiger partial charge on any atom is -0.397 e. The maximum atomic E-state index is 6.39. The van der Waals surface area contributed by atoms with Crippen LogP contribution >= 0.6 is 34.8 Å². The molecule has 118 valence electrons. The summed E-state index contributed by atoms with van der Waals surface area (Å²) in [4.78, 5) is 0. The summed E-state index contributed by atoms with van der Waals surface area (Å²) in [7, 11) is 1.28. The van der Waals surface area contributed by atoms with Crippen LogP contribution in [0.3, 0.4) is 0 Å². The van der Waals surface area contributed by atoms with Crippen molar-refractivity contribution in [3.63, 3.8) is 0 Å². The number of hydrogen-bond donors (Lipinski definition) is 0. The van der Waals surface area contributed by atoms with Crippen LogP contribution in [0.5, 0.6) is 0 Å². The van der Waals surface area contributed by atoms with E-state index < -0.39 is 8.56 Å². The maximum absolute atomic E-state index is 6.39. The molecule has 0 heterocycles. The lowest BCUT2D eigenvalue weighted by atomic mass is 9.98. The highest BCUT2D eigenvalue weighted by molar-refractivity contribution is 6.70. The van der Waals surface area contributed by atoms with Gasteiger partial charge in [0.1, 0.15) is 0 Å². The summed E-state index contributed by atoms with van der Waals surface area (Å²) in [6.07, 6.45) is 7.25. The van der Waals surface area contributed by atoms with Crippen LogP contribution < -0.4 is 0 Å². The first-order valence-electron chi connectivity index (χ1n) is 7.54. The van der Waals surface area contributed by atoms with E-state index in [1.54, 1.807) is 14.2 Å². The predicted octanol–water partition coefficient (Wildman–Crippen LogP) is 5.04. The van der Waals surface area contributed by atoms with Crippen molar-refractivity contribution in [2.75, 3.05) is 14.2 Å². The van der Waals surface area contributed by atoms with Gasteiger partial charge in [-0.25, -0.2) is 0 Å². The lowest BCUT2D eigenvalue weighted by molar-refractivity contribution is 0.194. The molecule has 4 atom stereocenters. The first-order chi connectivity index (χ1) is 9.51. The fraction of sp³-hybridized carbons (Fsp3) is 1.00. The summed E-state index contributed by atoms with van der Waals surface area (Å²) in [5.74, 6) is 0. The van der Waals surface area contributed by atoms with Gasteiger partial charge in [-0.15, -0.1) is 34.8 Å². The van der Waals surface area contributed by atoms with Gasteiger partial charge in [-0.05, 0) is 38.5 Å². The third-order valence-corrected chi connectivity index (χ3v) is 10.6. The van der Waals surface area contributed by atoms with Gasteiger partial charge in [-0.1, -0.05) is 6.42 Å². The van der Waals surface area contributed by atoms with E-state index in [0.717, 1.165) is 38.5 Å². The topological polar surface area (TPSA) is 18.5 Å². The fourth-order valence-corrected chi connectivity index (χ4v) is 10.5. The van der Waals surface area contributed by atoms with Crippen molar-refractivity contribution in [1.29, 1.82) is 0 Å². The maximum Gasteiger partial charge on any atom is 0.344 e. The Morgan fingerprint density at radius 1 is 0.750 bits per heavy atom. The summed E-state index contributed by atoms with van der Waals surface area (Å²) in [6, 6.07) is 0. The van der Waals surface area contributed by atoms with Crippen molar-refractivity contribution < 1.29 is 8.85 Å². The van der Waals surface area contributed by atoms with Crippen LogP contribution in [-0.2, 0) is 8.85 Å². The fourth-order valence-electron chi connectivity index (χ4n) is 4.09. The van der Waals surface area contributed by atoms with Crippen LogP contribution in [0, 0.1) is 0 Å². The highest BCUT2D eigenvalue weighted by atomic mass is 35.5. The molecule has 0 amide bonds. The Kier molecular flexibility index (Phi) is 6.53. The second-order valence-electron chi connectivity index (χ2n) is 6.19. The van der Waals surface area contributed by atoms with Crippen LogP contribution in [0.2, 0.25) is 11.1 Å². The number of alkyl halides is 3. The van der Waals surface area contributed by atoms with E-state index in [-0.39, 0.29) is 16.1 Å². The minimum atomic E-state index is -2.32. The van der Waals surface area contributed by atoms with Crippen LogP contribution in [0.4, 0.5) is 0 Å². The molecule has 4 unspecified atom stereocenters. The smallest absolute Gasteiger partial charge is 0.344 e. The van der Waals surface area contributed by atoms with Gasteiger partial charge in [0.2, 0.25) is 0 Å². The molecule has 2 aliphatic rings. The summed E-state index contributed by atoms with van der Waals surface area (Å²) in [5, 5.41) is 0.542. The molecule has 0 aromatic carbocycles. The Labute approximate surface area is 138 Å². The van der Waals surface area contributed by atoms with E-state index in [2.05, 4.69) is 0 Å². The third kappa shape index (κ3) is 3.67. The molecule has 0 N–H and O–H groups in total. The zero-order valence-electron chi connectivity index (χ0n) is 12.3. The second kappa shape index (κ2) is 7.52. The van der Waals surface area contributed by atoms with Crippen molar-refractivity contribution >= 4 is 43.4 Å². The van der Waals surface area contributed by atoms with E-state index in [9.17, 15) is 0 Å². The van der Waals surface area contributed by atoms with E-state index in [0.29, 0.717) is 11.1 Å². The zero-order chi connectivity index (χ0) is 14.8. The van der Waals surface area contributed by atoms with Crippen molar-refractivity contribution in [2.45, 2.75) is 72.2 Å². The van der Waals surface area contributed by atoms with E-state index >= 15 is 0 Å². The van der Waals surface area contributed by atoms with E-state index in [1.807, 2.05) is 0 Å². The van der Waals surface area contributed by atoms with E-state index in [1.165, 1.54) is 6.42 Å². The molecule has 2 saturated carbocycles. The van der Waals surface area contributed by atoms with Crippen LogP contribution in [0.25, 0.3) is 0 Å². The summed E-state index contributed by atoms with van der Waals surface area (Å²) < 4.78 is 12.1. The van der Waals surface area contributed by atoms with Gasteiger partial charge < -0.3 is 8.85 Å². The molecule has 2 aliphatic carbocycles. The molecule has 2 nitrogen and oxygen atoms in total. The molecule has 0 spiro atoms. The van der Waals surface area contributed by atoms with Gasteiger partial charge in [-0.2, -0.15) is 0 Å². The highest BCUT2D eigenvalue weighted by Crippen LogP contribution is 2.50. The zero-order valence-corrected chi connectivity index (χ0v) is 15.6. The molecule has 2 rings (SSSR count). The second-order valence-corrected chi connectivity index (χ2v) is 11.9. The molecular formula is C14H25Cl3O2Si. The SMILES string of the molecule is CO[Si](OC)(C1CCCC(Cl)C1)C1CC(Cl)CC(Cl)C1.